The van der Waals surface area contributed by atoms with E-state index in [2.05, 4.69) is 11.2 Å². The summed E-state index contributed by atoms with van der Waals surface area (Å²) in [6, 6.07) is 7.45. The maximum atomic E-state index is 11.2. The van der Waals surface area contributed by atoms with Crippen LogP contribution in [0, 0.1) is 12.3 Å². The maximum Gasteiger partial charge on any atom is 0.247 e. The normalized spacial score (nSPS) is 18.4. The maximum absolute atomic E-state index is 11.2. The number of hydrogen-bond donors (Lipinski definition) is 1. The molecule has 1 aromatic rings. The van der Waals surface area contributed by atoms with E-state index in [1.165, 1.54) is 0 Å². The van der Waals surface area contributed by atoms with Gasteiger partial charge in [0.2, 0.25) is 5.78 Å². The number of benzene rings is 1. The molecule has 0 bridgehead atoms. The number of anilines is 1. The summed E-state index contributed by atoms with van der Waals surface area (Å²) in [5, 5.41) is 3.09. The number of terminal acetylenes is 1. The molecule has 1 N–H and O–H groups in total. The molecule has 0 fully saturated rings. The lowest BCUT2D eigenvalue weighted by Gasteiger charge is -2.24. The molecular weight excluding hydrogens is 178 g/mol. The van der Waals surface area contributed by atoms with Gasteiger partial charge < -0.3 is 10.1 Å². The fraction of sp³-hybridized carbons (Fsp3) is 0.182. The van der Waals surface area contributed by atoms with E-state index in [9.17, 15) is 4.79 Å². The van der Waals surface area contributed by atoms with E-state index >= 15 is 0 Å². The monoisotopic (exact) mass is 187 g/mol. The van der Waals surface area contributed by atoms with Crippen LogP contribution in [0.2, 0.25) is 0 Å². The Balaban J connectivity index is 2.22. The van der Waals surface area contributed by atoms with Crippen molar-refractivity contribution in [1.29, 1.82) is 0 Å². The largest absolute Gasteiger partial charge is 0.478 e. The van der Waals surface area contributed by atoms with Crippen LogP contribution in [0.1, 0.15) is 0 Å². The third-order valence-corrected chi connectivity index (χ3v) is 2.07. The summed E-state index contributed by atoms with van der Waals surface area (Å²) in [6.07, 6.45) is 4.46. The summed E-state index contributed by atoms with van der Waals surface area (Å²) in [7, 11) is 0. The van der Waals surface area contributed by atoms with Crippen LogP contribution in [0.4, 0.5) is 5.69 Å². The second-order valence-electron chi connectivity index (χ2n) is 2.99. The standard InChI is InChI=1S/C11H9NO2/c1-2-9(13)11-7-12-8-5-3-4-6-10(8)14-11/h1,3-6,11-12H,7H2. The Morgan fingerprint density at radius 2 is 2.36 bits per heavy atom. The Kier molecular flexibility index (Phi) is 2.11. The molecule has 14 heavy (non-hydrogen) atoms. The first kappa shape index (κ1) is 8.64. The minimum Gasteiger partial charge on any atom is -0.478 e. The third-order valence-electron chi connectivity index (χ3n) is 2.07. The molecule has 1 aliphatic heterocycles. The van der Waals surface area contributed by atoms with Gasteiger partial charge in [0.25, 0.3) is 0 Å². The van der Waals surface area contributed by atoms with Gasteiger partial charge in [-0.15, -0.1) is 6.42 Å². The van der Waals surface area contributed by atoms with Crippen molar-refractivity contribution in [3.05, 3.63) is 24.3 Å². The van der Waals surface area contributed by atoms with Gasteiger partial charge in [-0.3, -0.25) is 4.79 Å². The van der Waals surface area contributed by atoms with E-state index in [0.29, 0.717) is 12.3 Å². The molecule has 2 rings (SSSR count). The molecule has 0 amide bonds. The van der Waals surface area contributed by atoms with Crippen LogP contribution in [0.5, 0.6) is 5.75 Å². The predicted octanol–water partition coefficient (Wildman–Crippen LogP) is 1.06. The summed E-state index contributed by atoms with van der Waals surface area (Å²) in [6.45, 7) is 0.431. The Hall–Kier alpha value is -1.95. The van der Waals surface area contributed by atoms with Crippen LogP contribution in [0.25, 0.3) is 0 Å². The summed E-state index contributed by atoms with van der Waals surface area (Å²) in [5.41, 5.74) is 0.897. The molecule has 0 saturated heterocycles. The average Bonchev–Trinajstić information content (AvgIpc) is 2.27. The number of fused-ring (bicyclic) bond motifs is 1. The minimum atomic E-state index is -0.560. The molecule has 70 valence electrons. The number of rotatable bonds is 1. The van der Waals surface area contributed by atoms with Crippen LogP contribution in [-0.2, 0) is 4.79 Å². The van der Waals surface area contributed by atoms with Gasteiger partial charge >= 0.3 is 0 Å². The Bertz CT molecular complexity index is 406. The highest BCUT2D eigenvalue weighted by Gasteiger charge is 2.23. The molecule has 0 aromatic heterocycles. The fourth-order valence-corrected chi connectivity index (χ4v) is 1.35. The van der Waals surface area contributed by atoms with Crippen molar-refractivity contribution in [1.82, 2.24) is 0 Å². The van der Waals surface area contributed by atoms with Gasteiger partial charge in [-0.05, 0) is 18.1 Å². The molecule has 0 saturated carbocycles. The van der Waals surface area contributed by atoms with E-state index in [1.54, 1.807) is 6.07 Å². The van der Waals surface area contributed by atoms with E-state index in [-0.39, 0.29) is 5.78 Å². The number of ketones is 1. The summed E-state index contributed by atoms with van der Waals surface area (Å²) >= 11 is 0. The highest BCUT2D eigenvalue weighted by molar-refractivity contribution is 5.99. The van der Waals surface area contributed by atoms with Gasteiger partial charge in [-0.25, -0.2) is 0 Å². The lowest BCUT2D eigenvalue weighted by Crippen LogP contribution is -2.36. The topological polar surface area (TPSA) is 38.3 Å². The quantitative estimate of drug-likeness (QED) is 0.527. The molecule has 1 aliphatic rings. The molecule has 1 atom stereocenters. The highest BCUT2D eigenvalue weighted by atomic mass is 16.5. The molecule has 1 aromatic carbocycles. The molecule has 3 nitrogen and oxygen atoms in total. The summed E-state index contributed by atoms with van der Waals surface area (Å²) < 4.78 is 5.43. The van der Waals surface area contributed by atoms with E-state index in [1.807, 2.05) is 18.2 Å². The number of ether oxygens (including phenoxy) is 1. The third kappa shape index (κ3) is 1.42. The van der Waals surface area contributed by atoms with Crippen LogP contribution in [0.3, 0.4) is 0 Å². The van der Waals surface area contributed by atoms with Gasteiger partial charge in [0.05, 0.1) is 12.2 Å². The Morgan fingerprint density at radius 1 is 1.57 bits per heavy atom. The van der Waals surface area contributed by atoms with Crippen molar-refractivity contribution in [2.45, 2.75) is 6.10 Å². The zero-order chi connectivity index (χ0) is 9.97. The highest BCUT2D eigenvalue weighted by Crippen LogP contribution is 2.28. The SMILES string of the molecule is C#CC(=O)C1CNc2ccccc2O1. The van der Waals surface area contributed by atoms with Gasteiger partial charge in [-0.1, -0.05) is 12.1 Å². The van der Waals surface area contributed by atoms with Gasteiger partial charge in [-0.2, -0.15) is 0 Å². The van der Waals surface area contributed by atoms with Crippen LogP contribution in [-0.4, -0.2) is 18.4 Å². The number of hydrogen-bond acceptors (Lipinski definition) is 3. The smallest absolute Gasteiger partial charge is 0.247 e. The summed E-state index contributed by atoms with van der Waals surface area (Å²) in [5.74, 6) is 2.41. The van der Waals surface area contributed by atoms with Crippen molar-refractivity contribution in [3.63, 3.8) is 0 Å². The lowest BCUT2D eigenvalue weighted by atomic mass is 10.2. The van der Waals surface area contributed by atoms with Crippen molar-refractivity contribution < 1.29 is 9.53 Å². The lowest BCUT2D eigenvalue weighted by molar-refractivity contribution is -0.119. The second kappa shape index (κ2) is 3.43. The first-order valence-corrected chi connectivity index (χ1v) is 4.31. The zero-order valence-electron chi connectivity index (χ0n) is 7.49. The Labute approximate surface area is 82.1 Å². The van der Waals surface area contributed by atoms with Crippen LogP contribution >= 0.6 is 0 Å². The van der Waals surface area contributed by atoms with Gasteiger partial charge in [0, 0.05) is 0 Å². The molecule has 0 radical (unpaired) electrons. The second-order valence-corrected chi connectivity index (χ2v) is 2.99. The number of carbonyl (C=O) groups is 1. The van der Waals surface area contributed by atoms with Crippen molar-refractivity contribution in [3.8, 4) is 18.1 Å². The number of carbonyl (C=O) groups excluding carboxylic acids is 1. The number of para-hydroxylation sites is 2. The van der Waals surface area contributed by atoms with Crippen molar-refractivity contribution in [2.75, 3.05) is 11.9 Å². The Morgan fingerprint density at radius 3 is 3.14 bits per heavy atom. The molecule has 1 unspecified atom stereocenters. The predicted molar refractivity (Wildman–Crippen MR) is 53.2 cm³/mol. The number of Topliss-reactive ketones (excluding diaryl/α,β-unsaturated/α-hetero) is 1. The average molecular weight is 187 g/mol. The molecule has 1 heterocycles. The van der Waals surface area contributed by atoms with Crippen LogP contribution < -0.4 is 10.1 Å². The fourth-order valence-electron chi connectivity index (χ4n) is 1.35. The summed E-state index contributed by atoms with van der Waals surface area (Å²) in [4.78, 5) is 11.2. The zero-order valence-corrected chi connectivity index (χ0v) is 7.49. The van der Waals surface area contributed by atoms with Crippen molar-refractivity contribution in [2.24, 2.45) is 0 Å². The van der Waals surface area contributed by atoms with Gasteiger partial charge in [0.1, 0.15) is 5.75 Å². The van der Waals surface area contributed by atoms with Crippen molar-refractivity contribution >= 4 is 11.5 Å². The molecule has 0 aliphatic carbocycles. The van der Waals surface area contributed by atoms with E-state index < -0.39 is 6.10 Å². The molecular formula is C11H9NO2. The van der Waals surface area contributed by atoms with Crippen LogP contribution in [0.15, 0.2) is 24.3 Å². The molecule has 3 heteroatoms. The van der Waals surface area contributed by atoms with E-state index in [0.717, 1.165) is 5.69 Å². The van der Waals surface area contributed by atoms with E-state index in [4.69, 9.17) is 11.2 Å². The van der Waals surface area contributed by atoms with Gasteiger partial charge in [0.15, 0.2) is 6.10 Å². The minimum absolute atomic E-state index is 0.327. The first-order valence-electron chi connectivity index (χ1n) is 4.31. The first-order chi connectivity index (χ1) is 6.81. The number of nitrogens with one attached hydrogen (secondary N) is 1. The molecule has 0 spiro atoms.